The van der Waals surface area contributed by atoms with Crippen molar-refractivity contribution in [3.05, 3.63) is 18.0 Å². The van der Waals surface area contributed by atoms with E-state index in [0.29, 0.717) is 19.4 Å². The molecule has 6 nitrogen and oxygen atoms in total. The summed E-state index contributed by atoms with van der Waals surface area (Å²) in [6.07, 6.45) is 4.48. The first-order chi connectivity index (χ1) is 8.02. The number of carbonyl (C=O) groups is 2. The molecule has 0 saturated carbocycles. The topological polar surface area (TPSA) is 75.4 Å². The molecule has 1 aromatic rings. The van der Waals surface area contributed by atoms with E-state index < -0.39 is 5.97 Å². The Morgan fingerprint density at radius 1 is 1.53 bits per heavy atom. The summed E-state index contributed by atoms with van der Waals surface area (Å²) >= 11 is 0. The lowest BCUT2D eigenvalue weighted by molar-refractivity contribution is -0.144. The summed E-state index contributed by atoms with van der Waals surface area (Å²) in [5.41, 5.74) is 0.832. The summed E-state index contributed by atoms with van der Waals surface area (Å²) in [4.78, 5) is 23.8. The van der Waals surface area contributed by atoms with Gasteiger partial charge in [0.25, 0.3) is 0 Å². The van der Waals surface area contributed by atoms with Crippen LogP contribution in [0.15, 0.2) is 12.4 Å². The van der Waals surface area contributed by atoms with Crippen molar-refractivity contribution in [2.24, 2.45) is 7.05 Å². The maximum Gasteiger partial charge on any atom is 0.323 e. The second kappa shape index (κ2) is 6.03. The van der Waals surface area contributed by atoms with Gasteiger partial charge in [-0.05, 0) is 6.42 Å². The van der Waals surface area contributed by atoms with E-state index >= 15 is 0 Å². The van der Waals surface area contributed by atoms with Gasteiger partial charge in [-0.15, -0.1) is 0 Å². The molecule has 0 fully saturated rings. The lowest BCUT2D eigenvalue weighted by atomic mass is 10.2. The largest absolute Gasteiger partial charge is 0.480 e. The van der Waals surface area contributed by atoms with Crippen LogP contribution in [0.2, 0.25) is 0 Å². The zero-order valence-corrected chi connectivity index (χ0v) is 10.1. The zero-order valence-electron chi connectivity index (χ0n) is 10.1. The Kier molecular flexibility index (Phi) is 4.68. The van der Waals surface area contributed by atoms with Crippen molar-refractivity contribution < 1.29 is 14.7 Å². The Morgan fingerprint density at radius 2 is 2.24 bits per heavy atom. The number of hydrogen-bond donors (Lipinski definition) is 1. The number of nitrogens with zero attached hydrogens (tertiary/aromatic N) is 3. The van der Waals surface area contributed by atoms with Gasteiger partial charge in [0.05, 0.1) is 6.20 Å². The van der Waals surface area contributed by atoms with Gasteiger partial charge in [-0.2, -0.15) is 5.10 Å². The van der Waals surface area contributed by atoms with E-state index in [1.807, 2.05) is 6.92 Å². The maximum absolute atomic E-state index is 11.7. The molecule has 0 atom stereocenters. The average molecular weight is 239 g/mol. The minimum atomic E-state index is -1.00. The Hall–Kier alpha value is -1.85. The fourth-order valence-corrected chi connectivity index (χ4v) is 1.54. The molecule has 0 unspecified atom stereocenters. The monoisotopic (exact) mass is 239 g/mol. The summed E-state index contributed by atoms with van der Waals surface area (Å²) in [5, 5.41) is 12.8. The molecule has 6 heteroatoms. The van der Waals surface area contributed by atoms with E-state index in [1.165, 1.54) is 4.90 Å². The first-order valence-corrected chi connectivity index (χ1v) is 5.50. The Labute approximate surface area is 99.8 Å². The fraction of sp³-hybridized carbons (Fsp3) is 0.545. The molecule has 0 spiro atoms. The van der Waals surface area contributed by atoms with Crippen LogP contribution in [-0.2, 0) is 23.2 Å². The lowest BCUT2D eigenvalue weighted by Gasteiger charge is -2.19. The molecular weight excluding hydrogens is 222 g/mol. The highest BCUT2D eigenvalue weighted by atomic mass is 16.4. The fourth-order valence-electron chi connectivity index (χ4n) is 1.54. The van der Waals surface area contributed by atoms with Gasteiger partial charge in [0.2, 0.25) is 5.91 Å². The highest BCUT2D eigenvalue weighted by Gasteiger charge is 2.16. The molecule has 0 bridgehead atoms. The standard InChI is InChI=1S/C11H17N3O3/c1-3-4-10(15)14(8-11(16)17)7-9-5-12-13(2)6-9/h5-6H,3-4,7-8H2,1-2H3,(H,16,17). The van der Waals surface area contributed by atoms with Gasteiger partial charge in [-0.1, -0.05) is 6.92 Å². The molecular formula is C11H17N3O3. The average Bonchev–Trinajstić information content (AvgIpc) is 2.63. The molecule has 1 amide bonds. The van der Waals surface area contributed by atoms with Crippen LogP contribution in [0, 0.1) is 0 Å². The second-order valence-electron chi connectivity index (χ2n) is 3.92. The minimum Gasteiger partial charge on any atom is -0.480 e. The normalized spacial score (nSPS) is 10.2. The highest BCUT2D eigenvalue weighted by Crippen LogP contribution is 2.06. The smallest absolute Gasteiger partial charge is 0.323 e. The Morgan fingerprint density at radius 3 is 2.71 bits per heavy atom. The number of aryl methyl sites for hydroxylation is 1. The van der Waals surface area contributed by atoms with Crippen LogP contribution in [0.4, 0.5) is 0 Å². The van der Waals surface area contributed by atoms with Gasteiger partial charge in [0.15, 0.2) is 0 Å². The van der Waals surface area contributed by atoms with E-state index in [2.05, 4.69) is 5.10 Å². The molecule has 0 radical (unpaired) electrons. The number of carboxylic acid groups (broad SMARTS) is 1. The predicted octanol–water partition coefficient (Wildman–Crippen LogP) is 0.633. The number of amides is 1. The number of carboxylic acids is 1. The molecule has 1 N–H and O–H groups in total. The molecule has 0 aromatic carbocycles. The number of aliphatic carboxylic acids is 1. The lowest BCUT2D eigenvalue weighted by Crippen LogP contribution is -2.34. The van der Waals surface area contributed by atoms with Crippen LogP contribution in [0.3, 0.4) is 0 Å². The Bertz CT molecular complexity index is 400. The first-order valence-electron chi connectivity index (χ1n) is 5.50. The van der Waals surface area contributed by atoms with E-state index in [4.69, 9.17) is 5.11 Å². The molecule has 1 heterocycles. The van der Waals surface area contributed by atoms with Crippen LogP contribution in [0.25, 0.3) is 0 Å². The third kappa shape index (κ3) is 4.26. The van der Waals surface area contributed by atoms with Gasteiger partial charge in [0.1, 0.15) is 6.54 Å². The van der Waals surface area contributed by atoms with Crippen molar-refractivity contribution in [1.82, 2.24) is 14.7 Å². The molecule has 1 aromatic heterocycles. The Balaban J connectivity index is 2.69. The van der Waals surface area contributed by atoms with Crippen LogP contribution in [0.5, 0.6) is 0 Å². The molecule has 0 aliphatic carbocycles. The summed E-state index contributed by atoms with van der Waals surface area (Å²) in [6, 6.07) is 0. The molecule has 0 aliphatic heterocycles. The minimum absolute atomic E-state index is 0.140. The summed E-state index contributed by atoms with van der Waals surface area (Å²) in [5.74, 6) is -1.14. The molecule has 0 aliphatic rings. The summed E-state index contributed by atoms with van der Waals surface area (Å²) < 4.78 is 1.62. The number of carbonyl (C=O) groups excluding carboxylic acids is 1. The van der Waals surface area contributed by atoms with Crippen molar-refractivity contribution in [2.75, 3.05) is 6.54 Å². The van der Waals surface area contributed by atoms with Crippen LogP contribution >= 0.6 is 0 Å². The number of hydrogen-bond acceptors (Lipinski definition) is 3. The quantitative estimate of drug-likeness (QED) is 0.790. The van der Waals surface area contributed by atoms with Crippen LogP contribution < -0.4 is 0 Å². The summed E-state index contributed by atoms with van der Waals surface area (Å²) in [7, 11) is 1.78. The zero-order chi connectivity index (χ0) is 12.8. The highest BCUT2D eigenvalue weighted by molar-refractivity contribution is 5.81. The van der Waals surface area contributed by atoms with Gasteiger partial charge >= 0.3 is 5.97 Å². The van der Waals surface area contributed by atoms with Gasteiger partial charge in [-0.3, -0.25) is 14.3 Å². The summed E-state index contributed by atoms with van der Waals surface area (Å²) in [6.45, 7) is 1.91. The molecule has 1 rings (SSSR count). The van der Waals surface area contributed by atoms with Gasteiger partial charge < -0.3 is 10.0 Å². The molecule has 0 saturated heterocycles. The number of rotatable bonds is 6. The second-order valence-corrected chi connectivity index (χ2v) is 3.92. The molecule has 17 heavy (non-hydrogen) atoms. The van der Waals surface area contributed by atoms with E-state index in [0.717, 1.165) is 5.56 Å². The maximum atomic E-state index is 11.7. The first kappa shape index (κ1) is 13.2. The van der Waals surface area contributed by atoms with Crippen molar-refractivity contribution in [1.29, 1.82) is 0 Å². The number of aromatic nitrogens is 2. The van der Waals surface area contributed by atoms with Crippen molar-refractivity contribution in [3.63, 3.8) is 0 Å². The third-order valence-corrected chi connectivity index (χ3v) is 2.27. The van der Waals surface area contributed by atoms with Gasteiger partial charge in [-0.25, -0.2) is 0 Å². The third-order valence-electron chi connectivity index (χ3n) is 2.27. The van der Waals surface area contributed by atoms with Gasteiger partial charge in [0, 0.05) is 31.8 Å². The van der Waals surface area contributed by atoms with Crippen LogP contribution in [-0.4, -0.2) is 38.2 Å². The van der Waals surface area contributed by atoms with E-state index in [9.17, 15) is 9.59 Å². The SMILES string of the molecule is CCCC(=O)N(CC(=O)O)Cc1cnn(C)c1. The van der Waals surface area contributed by atoms with Crippen LogP contribution in [0.1, 0.15) is 25.3 Å². The molecule has 94 valence electrons. The predicted molar refractivity (Wildman–Crippen MR) is 61.2 cm³/mol. The van der Waals surface area contributed by atoms with Crippen molar-refractivity contribution >= 4 is 11.9 Å². The van der Waals surface area contributed by atoms with Crippen molar-refractivity contribution in [3.8, 4) is 0 Å². The van der Waals surface area contributed by atoms with E-state index in [-0.39, 0.29) is 12.5 Å². The van der Waals surface area contributed by atoms with E-state index in [1.54, 1.807) is 24.1 Å². The van der Waals surface area contributed by atoms with Crippen molar-refractivity contribution in [2.45, 2.75) is 26.3 Å².